The molecule has 1 saturated carbocycles. The van der Waals surface area contributed by atoms with Crippen molar-refractivity contribution in [1.29, 1.82) is 0 Å². The molecule has 0 atom stereocenters. The van der Waals surface area contributed by atoms with E-state index in [0.717, 1.165) is 11.1 Å². The van der Waals surface area contributed by atoms with Gasteiger partial charge in [0.2, 0.25) is 11.8 Å². The van der Waals surface area contributed by atoms with E-state index in [0.29, 0.717) is 41.4 Å². The van der Waals surface area contributed by atoms with Crippen LogP contribution in [0.2, 0.25) is 0 Å². The molecule has 166 valence electrons. The van der Waals surface area contributed by atoms with E-state index in [1.54, 1.807) is 36.5 Å². The van der Waals surface area contributed by atoms with Crippen LogP contribution in [0.5, 0.6) is 11.5 Å². The fourth-order valence-electron chi connectivity index (χ4n) is 3.82. The van der Waals surface area contributed by atoms with Crippen molar-refractivity contribution in [3.8, 4) is 11.5 Å². The van der Waals surface area contributed by atoms with Crippen LogP contribution in [-0.4, -0.2) is 27.0 Å². The summed E-state index contributed by atoms with van der Waals surface area (Å²) >= 11 is 0. The minimum atomic E-state index is -1.23. The molecule has 1 aliphatic carbocycles. The molecule has 2 amide bonds. The number of fused-ring (bicyclic) bond motifs is 1. The number of aromatic amines is 1. The van der Waals surface area contributed by atoms with Gasteiger partial charge in [0.15, 0.2) is 5.65 Å². The Bertz CT molecular complexity index is 1360. The zero-order chi connectivity index (χ0) is 23.2. The molecule has 0 saturated heterocycles. The smallest absolute Gasteiger partial charge is 0.247 e. The summed E-state index contributed by atoms with van der Waals surface area (Å²) in [6.07, 6.45) is 2.39. The number of benzene rings is 2. The van der Waals surface area contributed by atoms with Crippen molar-refractivity contribution in [1.82, 2.24) is 15.2 Å². The molecule has 9 heteroatoms. The molecule has 2 aromatic heterocycles. The molecule has 0 unspecified atom stereocenters. The zero-order valence-corrected chi connectivity index (χ0v) is 17.7. The number of aryl methyl sites for hydroxylation is 1. The first-order chi connectivity index (χ1) is 15.9. The third-order valence-corrected chi connectivity index (χ3v) is 5.84. The number of H-pyrrole nitrogens is 1. The van der Waals surface area contributed by atoms with Crippen LogP contribution in [0.3, 0.4) is 0 Å². The van der Waals surface area contributed by atoms with Gasteiger partial charge in [-0.2, -0.15) is 5.10 Å². The molecule has 2 heterocycles. The average Bonchev–Trinajstić information content (AvgIpc) is 3.55. The number of primary amides is 1. The predicted octanol–water partition coefficient (Wildman–Crippen LogP) is 4.13. The number of hydrogen-bond acceptors (Lipinski definition) is 5. The molecule has 0 bridgehead atoms. The number of carbonyl (C=O) groups excluding carboxylic acids is 2. The minimum Gasteiger partial charge on any atom is -0.456 e. The lowest BCUT2D eigenvalue weighted by Gasteiger charge is -2.26. The van der Waals surface area contributed by atoms with Crippen LogP contribution in [0.1, 0.15) is 18.5 Å². The summed E-state index contributed by atoms with van der Waals surface area (Å²) in [5.41, 5.74) is 6.63. The van der Waals surface area contributed by atoms with Gasteiger partial charge < -0.3 is 10.5 Å². The molecule has 2 aromatic carbocycles. The van der Waals surface area contributed by atoms with Gasteiger partial charge in [-0.3, -0.25) is 19.6 Å². The van der Waals surface area contributed by atoms with Gasteiger partial charge in [0.25, 0.3) is 0 Å². The van der Waals surface area contributed by atoms with Crippen molar-refractivity contribution in [2.45, 2.75) is 19.8 Å². The third kappa shape index (κ3) is 3.57. The summed E-state index contributed by atoms with van der Waals surface area (Å²) < 4.78 is 19.5. The van der Waals surface area contributed by atoms with Crippen molar-refractivity contribution in [2.75, 3.05) is 4.90 Å². The number of nitrogens with zero attached hydrogens (tertiary/aromatic N) is 3. The minimum absolute atomic E-state index is 0.391. The molecule has 33 heavy (non-hydrogen) atoms. The van der Waals surface area contributed by atoms with Crippen molar-refractivity contribution < 1.29 is 18.7 Å². The maximum absolute atomic E-state index is 13.5. The number of halogens is 1. The molecule has 3 N–H and O–H groups in total. The van der Waals surface area contributed by atoms with Crippen LogP contribution in [0.4, 0.5) is 15.8 Å². The molecule has 4 aromatic rings. The lowest BCUT2D eigenvalue weighted by Crippen LogP contribution is -2.41. The lowest BCUT2D eigenvalue weighted by molar-refractivity contribution is -0.133. The standard InChI is InChI=1S/C24H20FN5O3/c1-14-20-19(10-13-27-21(20)29-28-14)33-18-8-6-17(7-9-18)30(16-4-2-15(25)3-5-16)23(32)24(11-12-24)22(26)31/h2-10,13H,11-12H2,1H3,(H2,26,31)(H,27,28,29). The summed E-state index contributed by atoms with van der Waals surface area (Å²) in [5.74, 6) is -0.383. The molecular weight excluding hydrogens is 425 g/mol. The highest BCUT2D eigenvalue weighted by atomic mass is 19.1. The largest absolute Gasteiger partial charge is 0.456 e. The Kier molecular flexibility index (Phi) is 4.81. The molecule has 5 rings (SSSR count). The summed E-state index contributed by atoms with van der Waals surface area (Å²) in [7, 11) is 0. The monoisotopic (exact) mass is 445 g/mol. The van der Waals surface area contributed by atoms with E-state index >= 15 is 0 Å². The molecule has 0 aliphatic heterocycles. The van der Waals surface area contributed by atoms with Gasteiger partial charge >= 0.3 is 0 Å². The molecule has 8 nitrogen and oxygen atoms in total. The van der Waals surface area contributed by atoms with Crippen LogP contribution in [0.25, 0.3) is 11.0 Å². The van der Waals surface area contributed by atoms with E-state index in [9.17, 15) is 14.0 Å². The van der Waals surface area contributed by atoms with Gasteiger partial charge in [0.1, 0.15) is 22.7 Å². The number of carbonyl (C=O) groups is 2. The Morgan fingerprint density at radius 3 is 2.30 bits per heavy atom. The summed E-state index contributed by atoms with van der Waals surface area (Å²) in [6.45, 7) is 1.88. The highest BCUT2D eigenvalue weighted by Gasteiger charge is 2.57. The Labute approximate surface area is 188 Å². The number of hydrogen-bond donors (Lipinski definition) is 2. The van der Waals surface area contributed by atoms with Gasteiger partial charge in [-0.1, -0.05) is 0 Å². The van der Waals surface area contributed by atoms with Crippen LogP contribution in [0.15, 0.2) is 60.8 Å². The van der Waals surface area contributed by atoms with Crippen molar-refractivity contribution >= 4 is 34.2 Å². The van der Waals surface area contributed by atoms with Crippen molar-refractivity contribution in [3.63, 3.8) is 0 Å². The van der Waals surface area contributed by atoms with Crippen LogP contribution < -0.4 is 15.4 Å². The Morgan fingerprint density at radius 2 is 1.70 bits per heavy atom. The average molecular weight is 445 g/mol. The second-order valence-corrected chi connectivity index (χ2v) is 8.02. The Balaban J connectivity index is 1.49. The highest BCUT2D eigenvalue weighted by Crippen LogP contribution is 2.49. The molecule has 0 spiro atoms. The number of amides is 2. The van der Waals surface area contributed by atoms with E-state index in [2.05, 4.69) is 15.2 Å². The zero-order valence-electron chi connectivity index (χ0n) is 17.7. The Morgan fingerprint density at radius 1 is 1.06 bits per heavy atom. The van der Waals surface area contributed by atoms with Crippen molar-refractivity contribution in [2.24, 2.45) is 11.1 Å². The Hall–Kier alpha value is -4.27. The van der Waals surface area contributed by atoms with Gasteiger partial charge in [-0.25, -0.2) is 9.37 Å². The topological polar surface area (TPSA) is 114 Å². The summed E-state index contributed by atoms with van der Waals surface area (Å²) in [6, 6.07) is 14.1. The predicted molar refractivity (Wildman–Crippen MR) is 120 cm³/mol. The SMILES string of the molecule is Cc1[nH]nc2nccc(Oc3ccc(N(C(=O)C4(C(N)=O)CC4)c4ccc(F)cc4)cc3)c12. The molecule has 1 fully saturated rings. The maximum atomic E-state index is 13.5. The van der Waals surface area contributed by atoms with Crippen molar-refractivity contribution in [3.05, 3.63) is 72.3 Å². The maximum Gasteiger partial charge on any atom is 0.247 e. The number of pyridine rings is 1. The number of nitrogens with two attached hydrogens (primary N) is 1. The van der Waals surface area contributed by atoms with Gasteiger partial charge in [0, 0.05) is 23.3 Å². The highest BCUT2D eigenvalue weighted by molar-refractivity contribution is 6.16. The van der Waals surface area contributed by atoms with Gasteiger partial charge in [0.05, 0.1) is 5.39 Å². The van der Waals surface area contributed by atoms with E-state index in [1.807, 2.05) is 6.92 Å². The summed E-state index contributed by atoms with van der Waals surface area (Å²) in [5, 5.41) is 7.80. The lowest BCUT2D eigenvalue weighted by atomic mass is 10.0. The fraction of sp³-hybridized carbons (Fsp3) is 0.167. The van der Waals surface area contributed by atoms with E-state index in [-0.39, 0.29) is 0 Å². The van der Waals surface area contributed by atoms with Crippen LogP contribution >= 0.6 is 0 Å². The van der Waals surface area contributed by atoms with E-state index in [1.165, 1.54) is 29.2 Å². The first kappa shape index (κ1) is 20.6. The van der Waals surface area contributed by atoms with E-state index < -0.39 is 23.0 Å². The number of rotatable bonds is 6. The number of aromatic nitrogens is 3. The van der Waals surface area contributed by atoms with Gasteiger partial charge in [-0.15, -0.1) is 0 Å². The number of nitrogens with one attached hydrogen (secondary N) is 1. The quantitative estimate of drug-likeness (QED) is 0.433. The second-order valence-electron chi connectivity index (χ2n) is 8.02. The molecule has 1 aliphatic rings. The second kappa shape index (κ2) is 7.70. The van der Waals surface area contributed by atoms with E-state index in [4.69, 9.17) is 10.5 Å². The number of ether oxygens (including phenoxy) is 1. The third-order valence-electron chi connectivity index (χ3n) is 5.84. The first-order valence-corrected chi connectivity index (χ1v) is 10.4. The van der Waals surface area contributed by atoms with Gasteiger partial charge in [-0.05, 0) is 74.4 Å². The first-order valence-electron chi connectivity index (χ1n) is 10.4. The fourth-order valence-corrected chi connectivity index (χ4v) is 3.82. The molecule has 0 radical (unpaired) electrons. The normalized spacial score (nSPS) is 14.1. The molecular formula is C24H20FN5O3. The van der Waals surface area contributed by atoms with Crippen LogP contribution in [-0.2, 0) is 9.59 Å². The number of anilines is 2. The summed E-state index contributed by atoms with van der Waals surface area (Å²) in [4.78, 5) is 31.0. The van der Waals surface area contributed by atoms with Crippen LogP contribution in [0, 0.1) is 18.2 Å².